The fraction of sp³-hybridized carbons (Fsp3) is 0.615. The molecule has 0 bridgehead atoms. The zero-order chi connectivity index (χ0) is 13.1. The fourth-order valence-electron chi connectivity index (χ4n) is 2.43. The molecular formula is C13H20BrN3O. The number of nitrogens with two attached hydrogens (primary N) is 1. The molecule has 0 spiro atoms. The summed E-state index contributed by atoms with van der Waals surface area (Å²) in [4.78, 5) is 6.80. The number of hydrogen-bond donors (Lipinski definition) is 1. The van der Waals surface area contributed by atoms with Crippen LogP contribution in [0.3, 0.4) is 0 Å². The lowest BCUT2D eigenvalue weighted by atomic mass is 9.99. The molecule has 2 atom stereocenters. The second-order valence-electron chi connectivity index (χ2n) is 4.76. The number of methoxy groups -OCH3 is 1. The van der Waals surface area contributed by atoms with Gasteiger partial charge in [0.1, 0.15) is 5.82 Å². The van der Waals surface area contributed by atoms with Crippen molar-refractivity contribution in [3.8, 4) is 0 Å². The first-order chi connectivity index (χ1) is 8.65. The molecule has 0 radical (unpaired) electrons. The van der Waals surface area contributed by atoms with Gasteiger partial charge in [-0.15, -0.1) is 0 Å². The molecule has 1 saturated heterocycles. The Morgan fingerprint density at radius 2 is 2.39 bits per heavy atom. The van der Waals surface area contributed by atoms with E-state index in [0.29, 0.717) is 18.7 Å². The highest BCUT2D eigenvalue weighted by molar-refractivity contribution is 9.10. The van der Waals surface area contributed by atoms with Crippen molar-refractivity contribution in [2.45, 2.75) is 31.9 Å². The summed E-state index contributed by atoms with van der Waals surface area (Å²) in [5.41, 5.74) is 7.08. The highest BCUT2D eigenvalue weighted by Crippen LogP contribution is 2.26. The normalized spacial score (nSPS) is 24.3. The van der Waals surface area contributed by atoms with Crippen molar-refractivity contribution in [3.05, 3.63) is 22.3 Å². The number of halogens is 1. The van der Waals surface area contributed by atoms with E-state index in [-0.39, 0.29) is 0 Å². The maximum Gasteiger partial charge on any atom is 0.129 e. The molecule has 100 valence electrons. The molecule has 1 aromatic rings. The Labute approximate surface area is 117 Å². The third-order valence-electron chi connectivity index (χ3n) is 3.60. The molecule has 2 rings (SSSR count). The predicted molar refractivity (Wildman–Crippen MR) is 76.9 cm³/mol. The number of rotatable bonds is 3. The quantitative estimate of drug-likeness (QED) is 0.928. The van der Waals surface area contributed by atoms with Gasteiger partial charge in [0.15, 0.2) is 0 Å². The van der Waals surface area contributed by atoms with Crippen LogP contribution in [-0.4, -0.2) is 37.3 Å². The molecule has 18 heavy (non-hydrogen) atoms. The van der Waals surface area contributed by atoms with Crippen LogP contribution in [0.25, 0.3) is 0 Å². The van der Waals surface area contributed by atoms with E-state index in [2.05, 4.69) is 38.8 Å². The lowest BCUT2D eigenvalue weighted by Crippen LogP contribution is -2.49. The Morgan fingerprint density at radius 1 is 1.61 bits per heavy atom. The van der Waals surface area contributed by atoms with Crippen LogP contribution in [0.15, 0.2) is 16.7 Å². The molecule has 1 aromatic heterocycles. The van der Waals surface area contributed by atoms with Gasteiger partial charge in [-0.05, 0) is 47.3 Å². The van der Waals surface area contributed by atoms with Gasteiger partial charge in [0, 0.05) is 36.9 Å². The maximum atomic E-state index is 5.88. The Morgan fingerprint density at radius 3 is 3.00 bits per heavy atom. The van der Waals surface area contributed by atoms with Crippen molar-refractivity contribution >= 4 is 21.7 Å². The van der Waals surface area contributed by atoms with E-state index < -0.39 is 0 Å². The highest BCUT2D eigenvalue weighted by Gasteiger charge is 2.28. The van der Waals surface area contributed by atoms with Crippen molar-refractivity contribution in [2.24, 2.45) is 5.73 Å². The van der Waals surface area contributed by atoms with E-state index in [9.17, 15) is 0 Å². The maximum absolute atomic E-state index is 5.88. The second-order valence-corrected chi connectivity index (χ2v) is 5.61. The molecule has 2 heterocycles. The van der Waals surface area contributed by atoms with Gasteiger partial charge in [0.2, 0.25) is 0 Å². The first-order valence-electron chi connectivity index (χ1n) is 6.27. The van der Waals surface area contributed by atoms with Gasteiger partial charge in [-0.2, -0.15) is 0 Å². The summed E-state index contributed by atoms with van der Waals surface area (Å²) in [7, 11) is 1.77. The highest BCUT2D eigenvalue weighted by atomic mass is 79.9. The molecule has 0 amide bonds. The summed E-state index contributed by atoms with van der Waals surface area (Å²) in [6.45, 7) is 3.67. The van der Waals surface area contributed by atoms with Crippen LogP contribution in [0.1, 0.15) is 18.4 Å². The zero-order valence-electron chi connectivity index (χ0n) is 10.9. The van der Waals surface area contributed by atoms with Crippen LogP contribution in [0.5, 0.6) is 0 Å². The molecule has 1 aliphatic heterocycles. The average molecular weight is 314 g/mol. The molecule has 1 fully saturated rings. The van der Waals surface area contributed by atoms with E-state index in [4.69, 9.17) is 10.5 Å². The molecular weight excluding hydrogens is 294 g/mol. The van der Waals surface area contributed by atoms with Crippen molar-refractivity contribution in [3.63, 3.8) is 0 Å². The monoisotopic (exact) mass is 313 g/mol. The molecule has 0 aromatic carbocycles. The van der Waals surface area contributed by atoms with E-state index >= 15 is 0 Å². The number of aryl methyl sites for hydroxylation is 1. The van der Waals surface area contributed by atoms with Gasteiger partial charge in [-0.3, -0.25) is 0 Å². The van der Waals surface area contributed by atoms with Crippen LogP contribution in [0.2, 0.25) is 0 Å². The summed E-state index contributed by atoms with van der Waals surface area (Å²) >= 11 is 3.48. The predicted octanol–water partition coefficient (Wildman–Crippen LogP) is 2.10. The van der Waals surface area contributed by atoms with E-state index in [0.717, 1.165) is 29.7 Å². The molecule has 2 N–H and O–H groups in total. The van der Waals surface area contributed by atoms with E-state index in [1.54, 1.807) is 7.11 Å². The van der Waals surface area contributed by atoms with Crippen molar-refractivity contribution in [2.75, 3.05) is 25.1 Å². The standard InChI is InChI=1S/C13H20BrN3O/c1-9-5-13(16-8-12(9)14)17-4-3-11(18-2)6-10(17)7-15/h5,8,10-11H,3-4,6-7,15H2,1-2H3. The van der Waals surface area contributed by atoms with Crippen LogP contribution in [0.4, 0.5) is 5.82 Å². The number of pyridine rings is 1. The number of aromatic nitrogens is 1. The minimum absolute atomic E-state index is 0.316. The topological polar surface area (TPSA) is 51.4 Å². The minimum atomic E-state index is 0.316. The lowest BCUT2D eigenvalue weighted by Gasteiger charge is -2.39. The Kier molecular flexibility index (Phi) is 4.59. The number of anilines is 1. The molecule has 1 aliphatic rings. The average Bonchev–Trinajstić information content (AvgIpc) is 2.41. The van der Waals surface area contributed by atoms with Gasteiger partial charge >= 0.3 is 0 Å². The first-order valence-corrected chi connectivity index (χ1v) is 7.06. The summed E-state index contributed by atoms with van der Waals surface area (Å²) in [6.07, 6.45) is 4.19. The lowest BCUT2D eigenvalue weighted by molar-refractivity contribution is 0.0708. The molecule has 0 aliphatic carbocycles. The van der Waals surface area contributed by atoms with Crippen LogP contribution >= 0.6 is 15.9 Å². The Bertz CT molecular complexity index is 413. The summed E-state index contributed by atoms with van der Waals surface area (Å²) in [5, 5.41) is 0. The van der Waals surface area contributed by atoms with Crippen LogP contribution in [0, 0.1) is 6.92 Å². The van der Waals surface area contributed by atoms with Gasteiger partial charge in [0.05, 0.1) is 6.10 Å². The third-order valence-corrected chi connectivity index (χ3v) is 4.43. The minimum Gasteiger partial charge on any atom is -0.381 e. The number of ether oxygens (including phenoxy) is 1. The second kappa shape index (κ2) is 5.99. The van der Waals surface area contributed by atoms with Crippen LogP contribution in [-0.2, 0) is 4.74 Å². The molecule has 0 saturated carbocycles. The van der Waals surface area contributed by atoms with Crippen LogP contribution < -0.4 is 10.6 Å². The number of nitrogens with zero attached hydrogens (tertiary/aromatic N) is 2. The van der Waals surface area contributed by atoms with Gasteiger partial charge in [-0.25, -0.2) is 4.98 Å². The molecule has 5 heteroatoms. The van der Waals surface area contributed by atoms with E-state index in [1.807, 2.05) is 6.20 Å². The number of hydrogen-bond acceptors (Lipinski definition) is 4. The van der Waals surface area contributed by atoms with Crippen molar-refractivity contribution in [1.82, 2.24) is 4.98 Å². The van der Waals surface area contributed by atoms with E-state index in [1.165, 1.54) is 5.56 Å². The van der Waals surface area contributed by atoms with Gasteiger partial charge in [-0.1, -0.05) is 0 Å². The van der Waals surface area contributed by atoms with Gasteiger partial charge in [0.25, 0.3) is 0 Å². The largest absolute Gasteiger partial charge is 0.381 e. The fourth-order valence-corrected chi connectivity index (χ4v) is 2.65. The first kappa shape index (κ1) is 13.8. The summed E-state index contributed by atoms with van der Waals surface area (Å²) in [6, 6.07) is 2.43. The SMILES string of the molecule is COC1CCN(c2cc(C)c(Br)cn2)C(CN)C1. The molecule has 4 nitrogen and oxygen atoms in total. The van der Waals surface area contributed by atoms with Crippen molar-refractivity contribution < 1.29 is 4.74 Å². The third kappa shape index (κ3) is 2.84. The summed E-state index contributed by atoms with van der Waals surface area (Å²) in [5.74, 6) is 1.01. The molecule has 2 unspecified atom stereocenters. The Balaban J connectivity index is 2.18. The number of piperidine rings is 1. The zero-order valence-corrected chi connectivity index (χ0v) is 12.5. The summed E-state index contributed by atoms with van der Waals surface area (Å²) < 4.78 is 6.48. The Hall–Kier alpha value is -0.650. The van der Waals surface area contributed by atoms with Crippen molar-refractivity contribution in [1.29, 1.82) is 0 Å². The van der Waals surface area contributed by atoms with Gasteiger partial charge < -0.3 is 15.4 Å². The smallest absolute Gasteiger partial charge is 0.129 e.